The van der Waals surface area contributed by atoms with Crippen molar-refractivity contribution in [1.82, 2.24) is 9.78 Å². The molecule has 1 saturated heterocycles. The molecule has 1 aliphatic rings. The third-order valence-corrected chi connectivity index (χ3v) is 6.05. The first-order valence-corrected chi connectivity index (χ1v) is 11.2. The van der Waals surface area contributed by atoms with Gasteiger partial charge in [0.1, 0.15) is 0 Å². The molecule has 1 aliphatic heterocycles. The Kier molecular flexibility index (Phi) is 6.69. The molecular weight excluding hydrogens is 402 g/mol. The van der Waals surface area contributed by atoms with Gasteiger partial charge in [-0.3, -0.25) is 4.79 Å². The Balaban J connectivity index is 1.61. The highest BCUT2D eigenvalue weighted by atomic mass is 16.5. The van der Waals surface area contributed by atoms with Gasteiger partial charge in [-0.2, -0.15) is 9.78 Å². The molecule has 0 amide bonds. The number of benzene rings is 2. The fourth-order valence-corrected chi connectivity index (χ4v) is 4.33. The lowest BCUT2D eigenvalue weighted by atomic mass is 9.90. The molecule has 1 aromatic heterocycles. The molecule has 6 heteroatoms. The van der Waals surface area contributed by atoms with Crippen LogP contribution >= 0.6 is 0 Å². The predicted octanol–water partition coefficient (Wildman–Crippen LogP) is 4.18. The van der Waals surface area contributed by atoms with E-state index in [9.17, 15) is 9.59 Å². The van der Waals surface area contributed by atoms with Crippen LogP contribution in [0.4, 0.5) is 5.69 Å². The number of aryl methyl sites for hydroxylation is 1. The summed E-state index contributed by atoms with van der Waals surface area (Å²) in [6, 6.07) is 19.6. The zero-order valence-electron chi connectivity index (χ0n) is 18.7. The number of para-hydroxylation sites is 1. The molecule has 6 nitrogen and oxygen atoms in total. The topological polar surface area (TPSA) is 64.4 Å². The van der Waals surface area contributed by atoms with Crippen LogP contribution in [0.5, 0.6) is 0 Å². The summed E-state index contributed by atoms with van der Waals surface area (Å²) in [6.45, 7) is 5.49. The minimum atomic E-state index is -0.503. The molecule has 32 heavy (non-hydrogen) atoms. The van der Waals surface area contributed by atoms with Crippen LogP contribution in [-0.4, -0.2) is 35.4 Å². The second-order valence-corrected chi connectivity index (χ2v) is 8.26. The molecule has 0 spiro atoms. The van der Waals surface area contributed by atoms with Crippen LogP contribution in [-0.2, 0) is 11.2 Å². The largest absolute Gasteiger partial charge is 0.461 e. The number of rotatable bonds is 6. The van der Waals surface area contributed by atoms with Gasteiger partial charge in [0.05, 0.1) is 18.0 Å². The zero-order valence-corrected chi connectivity index (χ0v) is 18.7. The number of aromatic nitrogens is 2. The molecule has 1 fully saturated rings. The van der Waals surface area contributed by atoms with Gasteiger partial charge in [0.15, 0.2) is 5.69 Å². The highest BCUT2D eigenvalue weighted by Crippen LogP contribution is 2.27. The first-order valence-electron chi connectivity index (χ1n) is 11.2. The summed E-state index contributed by atoms with van der Waals surface area (Å²) in [5.41, 5.74) is 3.42. The molecule has 0 unspecified atom stereocenters. The van der Waals surface area contributed by atoms with Crippen molar-refractivity contribution < 1.29 is 9.53 Å². The predicted molar refractivity (Wildman–Crippen MR) is 126 cm³/mol. The van der Waals surface area contributed by atoms with Gasteiger partial charge in [0, 0.05) is 19.2 Å². The monoisotopic (exact) mass is 431 g/mol. The molecule has 0 atom stereocenters. The van der Waals surface area contributed by atoms with Crippen molar-refractivity contribution in [1.29, 1.82) is 0 Å². The lowest BCUT2D eigenvalue weighted by Crippen LogP contribution is -2.37. The number of esters is 1. The maximum atomic E-state index is 13.0. The van der Waals surface area contributed by atoms with Crippen molar-refractivity contribution in [2.24, 2.45) is 5.92 Å². The molecule has 0 radical (unpaired) electrons. The SMILES string of the molecule is CCOC(=O)c1nn(-c2ccccc2C)c(=O)cc1N1CCC(Cc2ccccc2)CC1. The van der Waals surface area contributed by atoms with Gasteiger partial charge in [-0.05, 0) is 56.2 Å². The van der Waals surface area contributed by atoms with Crippen LogP contribution < -0.4 is 10.5 Å². The number of carbonyl (C=O) groups excluding carboxylic acids is 1. The van der Waals surface area contributed by atoms with E-state index in [4.69, 9.17) is 4.74 Å². The molecular formula is C26H29N3O3. The number of nitrogens with zero attached hydrogens (tertiary/aromatic N) is 3. The average Bonchev–Trinajstić information content (AvgIpc) is 2.81. The number of carbonyl (C=O) groups is 1. The van der Waals surface area contributed by atoms with Crippen molar-refractivity contribution in [3.8, 4) is 5.69 Å². The van der Waals surface area contributed by atoms with Crippen LogP contribution in [0, 0.1) is 12.8 Å². The molecule has 2 aromatic carbocycles. The number of hydrogen-bond donors (Lipinski definition) is 0. The van der Waals surface area contributed by atoms with Gasteiger partial charge in [-0.1, -0.05) is 48.5 Å². The van der Waals surface area contributed by atoms with E-state index in [1.165, 1.54) is 16.3 Å². The Morgan fingerprint density at radius 1 is 1.03 bits per heavy atom. The van der Waals surface area contributed by atoms with E-state index < -0.39 is 5.97 Å². The van der Waals surface area contributed by atoms with E-state index in [2.05, 4.69) is 34.3 Å². The highest BCUT2D eigenvalue weighted by molar-refractivity contribution is 5.93. The van der Waals surface area contributed by atoms with Gasteiger partial charge in [0.25, 0.3) is 5.56 Å². The molecule has 4 rings (SSSR count). The number of piperidine rings is 1. The molecule has 0 saturated carbocycles. The Morgan fingerprint density at radius 3 is 2.41 bits per heavy atom. The van der Waals surface area contributed by atoms with Crippen molar-refractivity contribution in [2.75, 3.05) is 24.6 Å². The minimum absolute atomic E-state index is 0.191. The first kappa shape index (κ1) is 21.8. The summed E-state index contributed by atoms with van der Waals surface area (Å²) in [7, 11) is 0. The zero-order chi connectivity index (χ0) is 22.5. The Morgan fingerprint density at radius 2 is 1.72 bits per heavy atom. The van der Waals surface area contributed by atoms with Gasteiger partial charge in [-0.15, -0.1) is 0 Å². The molecule has 3 aromatic rings. The Bertz CT molecular complexity index is 1130. The van der Waals surface area contributed by atoms with E-state index in [0.29, 0.717) is 17.3 Å². The smallest absolute Gasteiger partial charge is 0.360 e. The Labute approximate surface area is 188 Å². The van der Waals surface area contributed by atoms with E-state index in [1.807, 2.05) is 37.3 Å². The molecule has 166 valence electrons. The van der Waals surface area contributed by atoms with Gasteiger partial charge in [0.2, 0.25) is 0 Å². The van der Waals surface area contributed by atoms with E-state index in [-0.39, 0.29) is 17.9 Å². The third-order valence-electron chi connectivity index (χ3n) is 6.05. The lowest BCUT2D eigenvalue weighted by molar-refractivity contribution is 0.0518. The van der Waals surface area contributed by atoms with Gasteiger partial charge >= 0.3 is 5.97 Å². The minimum Gasteiger partial charge on any atom is -0.461 e. The van der Waals surface area contributed by atoms with Gasteiger partial charge < -0.3 is 9.64 Å². The van der Waals surface area contributed by atoms with Crippen LogP contribution in [0.15, 0.2) is 65.5 Å². The summed E-state index contributed by atoms with van der Waals surface area (Å²) in [4.78, 5) is 27.9. The van der Waals surface area contributed by atoms with Crippen molar-refractivity contribution >= 4 is 11.7 Å². The van der Waals surface area contributed by atoms with Crippen molar-refractivity contribution in [2.45, 2.75) is 33.1 Å². The molecule has 0 N–H and O–H groups in total. The van der Waals surface area contributed by atoms with Crippen molar-refractivity contribution in [3.05, 3.63) is 87.8 Å². The quantitative estimate of drug-likeness (QED) is 0.548. The molecule has 0 aliphatic carbocycles. The summed E-state index contributed by atoms with van der Waals surface area (Å²) < 4.78 is 6.58. The summed E-state index contributed by atoms with van der Waals surface area (Å²) >= 11 is 0. The average molecular weight is 432 g/mol. The lowest BCUT2D eigenvalue weighted by Gasteiger charge is -2.34. The van der Waals surface area contributed by atoms with E-state index >= 15 is 0 Å². The van der Waals surface area contributed by atoms with E-state index in [1.54, 1.807) is 6.92 Å². The molecule has 0 bridgehead atoms. The highest BCUT2D eigenvalue weighted by Gasteiger charge is 2.26. The maximum absolute atomic E-state index is 13.0. The summed E-state index contributed by atoms with van der Waals surface area (Å²) in [6.07, 6.45) is 3.04. The van der Waals surface area contributed by atoms with Crippen LogP contribution in [0.2, 0.25) is 0 Å². The first-order chi connectivity index (χ1) is 15.6. The van der Waals surface area contributed by atoms with Crippen molar-refractivity contribution in [3.63, 3.8) is 0 Å². The standard InChI is InChI=1S/C26H29N3O3/c1-3-32-26(31)25-23(18-24(30)29(27-25)22-12-8-7-9-19(22)2)28-15-13-21(14-16-28)17-20-10-5-4-6-11-20/h4-12,18,21H,3,13-17H2,1-2H3. The second kappa shape index (κ2) is 9.81. The third kappa shape index (κ3) is 4.74. The summed E-state index contributed by atoms with van der Waals surface area (Å²) in [5, 5.41) is 4.47. The Hall–Kier alpha value is -3.41. The second-order valence-electron chi connectivity index (χ2n) is 8.26. The number of hydrogen-bond acceptors (Lipinski definition) is 5. The normalized spacial score (nSPS) is 14.4. The van der Waals surface area contributed by atoms with Crippen LogP contribution in [0.3, 0.4) is 0 Å². The molecule has 2 heterocycles. The fraction of sp³-hybridized carbons (Fsp3) is 0.346. The van der Waals surface area contributed by atoms with E-state index in [0.717, 1.165) is 37.9 Å². The maximum Gasteiger partial charge on any atom is 0.360 e. The van der Waals surface area contributed by atoms with Gasteiger partial charge in [-0.25, -0.2) is 4.79 Å². The number of ether oxygens (including phenoxy) is 1. The van der Waals surface area contributed by atoms with Crippen LogP contribution in [0.25, 0.3) is 5.69 Å². The fourth-order valence-electron chi connectivity index (χ4n) is 4.33. The number of anilines is 1. The van der Waals surface area contributed by atoms with Crippen LogP contribution in [0.1, 0.15) is 41.4 Å². The summed E-state index contributed by atoms with van der Waals surface area (Å²) in [5.74, 6) is 0.0798.